The lowest BCUT2D eigenvalue weighted by Gasteiger charge is -2.33. The zero-order chi connectivity index (χ0) is 57.9. The predicted octanol–water partition coefficient (Wildman–Crippen LogP) is 21.7. The summed E-state index contributed by atoms with van der Waals surface area (Å²) in [5.74, 6) is 28.9. The smallest absolute Gasteiger partial charge is 0.0340 e. The van der Waals surface area contributed by atoms with Crippen LogP contribution in [0, 0.1) is 47.4 Å². The largest absolute Gasteiger partial charge is 0.0654 e. The summed E-state index contributed by atoms with van der Waals surface area (Å²) in [5.41, 5.74) is 22.1. The van der Waals surface area contributed by atoms with Gasteiger partial charge >= 0.3 is 0 Å². The molecule has 0 unspecified atom stereocenters. The molecule has 0 saturated carbocycles. The van der Waals surface area contributed by atoms with Gasteiger partial charge in [0, 0.05) is 49.9 Å². The van der Waals surface area contributed by atoms with Crippen LogP contribution in [0.25, 0.3) is 55.6 Å². The average Bonchev–Trinajstić information content (AvgIpc) is 1.86. The molecule has 85 heavy (non-hydrogen) atoms. The normalized spacial score (nSPS) is 11.6. The first kappa shape index (κ1) is 57.3. The summed E-state index contributed by atoms with van der Waals surface area (Å²) in [7, 11) is 0. The van der Waals surface area contributed by atoms with E-state index in [2.05, 4.69) is 292 Å². The van der Waals surface area contributed by atoms with E-state index in [9.17, 15) is 0 Å². The standard InChI is InChI=1S/C85H74/c1-3-5-7-9-11-31-57-85(58-32-12-10-8-6-4-2)83-61-75(81-63-79(69-41-27-17-28-42-69)71(49-45-65-33-19-13-20-34-65)59-73(81)51-47-67-37-23-15-24-38-67)53-55-77(83)78-56-54-76(62-84(78)85)82-64-80(70-43-29-18-30-44-70)72(50-46-66-35-21-14-22-36-66)60-74(82)52-48-68-39-25-16-26-40-68/h13-30,33-44,53-56,59-64H,3-12,31-32,57-58H2,1-2H3. The molecule has 414 valence electrons. The molecule has 0 N–H and O–H groups in total. The highest BCUT2D eigenvalue weighted by Crippen LogP contribution is 2.56. The maximum absolute atomic E-state index is 3.72. The van der Waals surface area contributed by atoms with Gasteiger partial charge in [0.25, 0.3) is 0 Å². The number of hydrogen-bond acceptors (Lipinski definition) is 0. The third-order valence-corrected chi connectivity index (χ3v) is 16.8. The average molecular weight is 1100 g/mol. The van der Waals surface area contributed by atoms with Crippen LogP contribution >= 0.6 is 0 Å². The molecule has 0 saturated heterocycles. The Labute approximate surface area is 507 Å². The van der Waals surface area contributed by atoms with Gasteiger partial charge in [-0.2, -0.15) is 0 Å². The summed E-state index contributed by atoms with van der Waals surface area (Å²) in [6.45, 7) is 4.63. The highest BCUT2D eigenvalue weighted by molar-refractivity contribution is 5.90. The van der Waals surface area contributed by atoms with Crippen molar-refractivity contribution in [1.82, 2.24) is 0 Å². The van der Waals surface area contributed by atoms with Crippen molar-refractivity contribution < 1.29 is 0 Å². The zero-order valence-electron chi connectivity index (χ0n) is 49.5. The first-order valence-corrected chi connectivity index (χ1v) is 31.1. The minimum Gasteiger partial charge on any atom is -0.0654 e. The summed E-state index contributed by atoms with van der Waals surface area (Å²) in [4.78, 5) is 0. The van der Waals surface area contributed by atoms with Gasteiger partial charge in [0.15, 0.2) is 0 Å². The highest BCUT2D eigenvalue weighted by Gasteiger charge is 2.43. The topological polar surface area (TPSA) is 0 Å². The number of unbranched alkanes of at least 4 members (excludes halogenated alkanes) is 10. The van der Waals surface area contributed by atoms with E-state index in [4.69, 9.17) is 0 Å². The molecule has 11 rings (SSSR count). The Morgan fingerprint density at radius 2 is 0.518 bits per heavy atom. The van der Waals surface area contributed by atoms with Gasteiger partial charge in [0.2, 0.25) is 0 Å². The van der Waals surface area contributed by atoms with Crippen LogP contribution in [-0.4, -0.2) is 0 Å². The fourth-order valence-corrected chi connectivity index (χ4v) is 12.4. The summed E-state index contributed by atoms with van der Waals surface area (Å²) < 4.78 is 0. The Hall–Kier alpha value is -9.56. The van der Waals surface area contributed by atoms with Gasteiger partial charge in [-0.15, -0.1) is 0 Å². The fraction of sp³-hybridized carbons (Fsp3) is 0.200. The molecule has 0 nitrogen and oxygen atoms in total. The number of rotatable bonds is 18. The van der Waals surface area contributed by atoms with Gasteiger partial charge in [-0.1, -0.05) is 296 Å². The second-order valence-corrected chi connectivity index (χ2v) is 22.7. The number of fused-ring (bicyclic) bond motifs is 3. The lowest BCUT2D eigenvalue weighted by Crippen LogP contribution is -2.25. The fourth-order valence-electron chi connectivity index (χ4n) is 12.4. The molecule has 0 aromatic heterocycles. The van der Waals surface area contributed by atoms with Crippen molar-refractivity contribution in [2.75, 3.05) is 0 Å². The molecule has 0 heterocycles. The maximum atomic E-state index is 3.72. The summed E-state index contributed by atoms with van der Waals surface area (Å²) >= 11 is 0. The molecule has 0 bridgehead atoms. The Morgan fingerprint density at radius 3 is 0.835 bits per heavy atom. The SMILES string of the molecule is CCCCCCCCC1(CCCCCCCC)c2cc(-c3cc(-c4ccccc4)c(C#Cc4ccccc4)cc3C#Cc3ccccc3)ccc2-c2ccc(-c3cc(-c4ccccc4)c(C#Cc4ccccc4)cc3C#Cc3ccccc3)cc21. The van der Waals surface area contributed by atoms with Crippen molar-refractivity contribution in [3.8, 4) is 103 Å². The number of benzene rings is 10. The van der Waals surface area contributed by atoms with Crippen LogP contribution in [0.5, 0.6) is 0 Å². The van der Waals surface area contributed by atoms with Crippen LogP contribution in [0.15, 0.2) is 243 Å². The van der Waals surface area contributed by atoms with E-state index in [1.54, 1.807) is 0 Å². The molecule has 0 spiro atoms. The molecule has 0 heteroatoms. The summed E-state index contributed by atoms with van der Waals surface area (Å²) in [5, 5.41) is 0. The van der Waals surface area contributed by atoms with E-state index in [0.29, 0.717) is 0 Å². The van der Waals surface area contributed by atoms with Crippen molar-refractivity contribution >= 4 is 0 Å². The van der Waals surface area contributed by atoms with Crippen LogP contribution in [0.4, 0.5) is 0 Å². The van der Waals surface area contributed by atoms with E-state index in [-0.39, 0.29) is 5.41 Å². The molecular formula is C85H74. The third-order valence-electron chi connectivity index (χ3n) is 16.8. The predicted molar refractivity (Wildman–Crippen MR) is 360 cm³/mol. The zero-order valence-corrected chi connectivity index (χ0v) is 49.5. The highest BCUT2D eigenvalue weighted by atomic mass is 14.5. The molecule has 10 aromatic rings. The van der Waals surface area contributed by atoms with E-state index >= 15 is 0 Å². The Morgan fingerprint density at radius 1 is 0.235 bits per heavy atom. The Kier molecular flexibility index (Phi) is 19.3. The molecule has 10 aromatic carbocycles. The molecule has 0 aliphatic heterocycles. The Balaban J connectivity index is 1.12. The molecular weight excluding hydrogens is 1020 g/mol. The second-order valence-electron chi connectivity index (χ2n) is 22.7. The van der Waals surface area contributed by atoms with Crippen molar-refractivity contribution in [2.45, 2.75) is 109 Å². The molecule has 1 aliphatic carbocycles. The van der Waals surface area contributed by atoms with E-state index in [1.165, 1.54) is 97.6 Å². The first-order chi connectivity index (χ1) is 42.1. The van der Waals surface area contributed by atoms with Gasteiger partial charge in [-0.3, -0.25) is 0 Å². The van der Waals surface area contributed by atoms with Crippen molar-refractivity contribution in [3.05, 3.63) is 298 Å². The van der Waals surface area contributed by atoms with Gasteiger partial charge in [0.05, 0.1) is 0 Å². The second kappa shape index (κ2) is 28.6. The maximum Gasteiger partial charge on any atom is 0.0340 e. The van der Waals surface area contributed by atoms with Crippen LogP contribution in [0.2, 0.25) is 0 Å². The van der Waals surface area contributed by atoms with Gasteiger partial charge in [-0.25, -0.2) is 0 Å². The van der Waals surface area contributed by atoms with Crippen LogP contribution in [-0.2, 0) is 5.41 Å². The van der Waals surface area contributed by atoms with E-state index in [1.807, 2.05) is 12.1 Å². The van der Waals surface area contributed by atoms with Crippen molar-refractivity contribution in [1.29, 1.82) is 0 Å². The lowest BCUT2D eigenvalue weighted by atomic mass is 9.69. The van der Waals surface area contributed by atoms with E-state index in [0.717, 1.165) is 104 Å². The minimum absolute atomic E-state index is 0.231. The van der Waals surface area contributed by atoms with Crippen LogP contribution < -0.4 is 0 Å². The summed E-state index contributed by atoms with van der Waals surface area (Å²) in [6.07, 6.45) is 17.1. The molecule has 0 amide bonds. The summed E-state index contributed by atoms with van der Waals surface area (Å²) in [6, 6.07) is 86.9. The molecule has 0 fully saturated rings. The van der Waals surface area contributed by atoms with E-state index < -0.39 is 0 Å². The first-order valence-electron chi connectivity index (χ1n) is 31.1. The monoisotopic (exact) mass is 1090 g/mol. The quantitative estimate of drug-likeness (QED) is 0.0593. The lowest BCUT2D eigenvalue weighted by molar-refractivity contribution is 0.398. The van der Waals surface area contributed by atoms with Gasteiger partial charge in [-0.05, 0) is 165 Å². The molecule has 0 radical (unpaired) electrons. The third kappa shape index (κ3) is 14.1. The van der Waals surface area contributed by atoms with Crippen molar-refractivity contribution in [2.24, 2.45) is 0 Å². The van der Waals surface area contributed by atoms with Crippen molar-refractivity contribution in [3.63, 3.8) is 0 Å². The number of hydrogen-bond donors (Lipinski definition) is 0. The molecule has 1 aliphatic rings. The van der Waals surface area contributed by atoms with Gasteiger partial charge in [0.1, 0.15) is 0 Å². The van der Waals surface area contributed by atoms with Crippen LogP contribution in [0.1, 0.15) is 159 Å². The van der Waals surface area contributed by atoms with Crippen LogP contribution in [0.3, 0.4) is 0 Å². The van der Waals surface area contributed by atoms with Gasteiger partial charge < -0.3 is 0 Å². The minimum atomic E-state index is -0.231. The molecule has 0 atom stereocenters. The Bertz CT molecular complexity index is 3850.